The molecule has 0 radical (unpaired) electrons. The lowest BCUT2D eigenvalue weighted by molar-refractivity contribution is -0.141. The first-order valence-electron chi connectivity index (χ1n) is 4.37. The smallest absolute Gasteiger partial charge is 0.361 e. The number of nitrogens with one attached hydrogen (secondary N) is 1. The minimum Gasteiger partial charge on any atom is -0.480 e. The lowest BCUT2D eigenvalue weighted by atomic mass is 10.2. The minimum absolute atomic E-state index is 0.0889. The third kappa shape index (κ3) is 3.34. The van der Waals surface area contributed by atoms with Crippen molar-refractivity contribution in [2.45, 2.75) is 17.7 Å². The molecule has 1 aliphatic rings. The van der Waals surface area contributed by atoms with Crippen molar-refractivity contribution >= 4 is 40.6 Å². The average molecular weight is 250 g/mol. The van der Waals surface area contributed by atoms with Crippen molar-refractivity contribution in [2.24, 2.45) is 0 Å². The highest BCUT2D eigenvalue weighted by Crippen LogP contribution is 2.26. The third-order valence-electron chi connectivity index (χ3n) is 2.10. The Morgan fingerprint density at radius 3 is 2.80 bits per heavy atom. The van der Waals surface area contributed by atoms with Gasteiger partial charge in [-0.25, -0.2) is 4.79 Å². The Balaban J connectivity index is 2.58. The highest BCUT2D eigenvalue weighted by Gasteiger charge is 2.37. The van der Waals surface area contributed by atoms with Crippen molar-refractivity contribution in [3.8, 4) is 0 Å². The molecule has 6 nitrogen and oxygen atoms in total. The highest BCUT2D eigenvalue weighted by atomic mass is 32.1. The summed E-state index contributed by atoms with van der Waals surface area (Å²) in [6.45, 7) is 0.346. The van der Waals surface area contributed by atoms with Crippen molar-refractivity contribution in [3.63, 3.8) is 0 Å². The fourth-order valence-corrected chi connectivity index (χ4v) is 2.46. The van der Waals surface area contributed by atoms with Crippen molar-refractivity contribution in [1.29, 1.82) is 0 Å². The lowest BCUT2D eigenvalue weighted by Gasteiger charge is -2.20. The van der Waals surface area contributed by atoms with E-state index in [1.807, 2.05) is 0 Å². The van der Waals surface area contributed by atoms with Crippen LogP contribution in [0.25, 0.3) is 0 Å². The Labute approximate surface area is 95.0 Å². The maximum atomic E-state index is 11.5. The van der Waals surface area contributed by atoms with Crippen LogP contribution in [0.5, 0.6) is 0 Å². The molecule has 1 rings (SSSR count). The molecule has 1 heterocycles. The second kappa shape index (κ2) is 5.70. The molecule has 3 N–H and O–H groups in total. The van der Waals surface area contributed by atoms with E-state index in [2.05, 4.69) is 17.6 Å². The summed E-state index contributed by atoms with van der Waals surface area (Å²) in [5.74, 6) is -1.01. The van der Waals surface area contributed by atoms with Gasteiger partial charge in [0.15, 0.2) is 0 Å². The van der Waals surface area contributed by atoms with E-state index in [1.165, 1.54) is 4.90 Å². The van der Waals surface area contributed by atoms with Crippen LogP contribution in [0.4, 0.5) is 4.79 Å². The van der Waals surface area contributed by atoms with E-state index in [4.69, 9.17) is 10.1 Å². The van der Waals surface area contributed by atoms with Crippen molar-refractivity contribution < 1.29 is 19.7 Å². The molecule has 1 amide bonds. The maximum absolute atomic E-state index is 11.5. The number of amides is 1. The van der Waals surface area contributed by atoms with Gasteiger partial charge in [-0.1, -0.05) is 0 Å². The predicted molar refractivity (Wildman–Crippen MR) is 61.7 cm³/mol. The monoisotopic (exact) mass is 250 g/mol. The van der Waals surface area contributed by atoms with Crippen LogP contribution in [0.1, 0.15) is 6.42 Å². The van der Waals surface area contributed by atoms with Gasteiger partial charge in [-0.3, -0.25) is 4.79 Å². The number of thiol groups is 1. The second-order valence-corrected chi connectivity index (χ2v) is 4.92. The molecule has 9 heteroatoms. The van der Waals surface area contributed by atoms with E-state index < -0.39 is 12.0 Å². The Morgan fingerprint density at radius 1 is 1.60 bits per heavy atom. The van der Waals surface area contributed by atoms with Gasteiger partial charge in [0.2, 0.25) is 0 Å². The van der Waals surface area contributed by atoms with Gasteiger partial charge in [-0.15, -0.1) is 0 Å². The van der Waals surface area contributed by atoms with Gasteiger partial charge in [0.05, 0.1) is 0 Å². The molecule has 0 aromatic heterocycles. The fraction of sp³-hybridized carbons (Fsp3) is 0.667. The molecule has 0 aliphatic carbocycles. The molecule has 0 saturated carbocycles. The summed E-state index contributed by atoms with van der Waals surface area (Å²) >= 11 is 4.17. The summed E-state index contributed by atoms with van der Waals surface area (Å²) in [4.78, 5) is 26.1. The summed E-state index contributed by atoms with van der Waals surface area (Å²) in [5.41, 5.74) is -0.298. The normalized spacial score (nSPS) is 26.1. The Kier molecular flexibility index (Phi) is 4.85. The molecule has 1 unspecified atom stereocenters. The van der Waals surface area contributed by atoms with Crippen LogP contribution in [-0.4, -0.2) is 52.1 Å². The number of carbonyl (C=O) groups excluding carboxylic acids is 1. The van der Waals surface area contributed by atoms with Crippen LogP contribution >= 0.6 is 21.4 Å². The number of aliphatic carboxylic acids is 1. The van der Waals surface area contributed by atoms with Gasteiger partial charge in [-0.05, 0) is 6.42 Å². The van der Waals surface area contributed by atoms with E-state index >= 15 is 0 Å². The largest absolute Gasteiger partial charge is 0.480 e. The summed E-state index contributed by atoms with van der Waals surface area (Å²) in [5, 5.41) is 17.3. The molecule has 3 atom stereocenters. The zero-order chi connectivity index (χ0) is 11.4. The van der Waals surface area contributed by atoms with Gasteiger partial charge in [-0.2, -0.15) is 12.6 Å². The zero-order valence-corrected chi connectivity index (χ0v) is 9.78. The minimum atomic E-state index is -1.01. The molecule has 1 fully saturated rings. The van der Waals surface area contributed by atoms with Crippen LogP contribution in [0.2, 0.25) is 0 Å². The van der Waals surface area contributed by atoms with Crippen molar-refractivity contribution in [2.75, 3.05) is 6.54 Å². The molecule has 84 valence electrons. The molecular formula is C6H12BN2O4PS. The molecular weight excluding hydrogens is 238 g/mol. The predicted octanol–water partition coefficient (Wildman–Crippen LogP) is -0.994. The maximum Gasteiger partial charge on any atom is 0.361 e. The number of hydrogen-bond donors (Lipinski definition) is 4. The Bertz CT molecular complexity index is 270. The number of carbonyl (C=O) groups is 2. The van der Waals surface area contributed by atoms with Crippen LogP contribution in [0.3, 0.4) is 0 Å². The standard InChI is InChI=1S/C6H12BN2O4PS/c10-5(11)4-1-3(15)2-9(4)6(12)14-8-7-13/h3-4,7-8,13-15H,1-2H2,(H,10,11)/t3-,4-/m0/s1. The van der Waals surface area contributed by atoms with E-state index in [1.54, 1.807) is 0 Å². The highest BCUT2D eigenvalue weighted by molar-refractivity contribution is 7.81. The Hall–Kier alpha value is -0.295. The van der Waals surface area contributed by atoms with Crippen LogP contribution in [-0.2, 0) is 4.79 Å². The van der Waals surface area contributed by atoms with Gasteiger partial charge >= 0.3 is 13.6 Å². The average Bonchev–Trinajstić information content (AvgIpc) is 2.57. The second-order valence-electron chi connectivity index (χ2n) is 3.16. The number of nitrogens with zero attached hydrogens (tertiary/aromatic N) is 1. The summed E-state index contributed by atoms with van der Waals surface area (Å²) < 4.78 is 0. The first-order valence-corrected chi connectivity index (χ1v) is 5.89. The lowest BCUT2D eigenvalue weighted by Crippen LogP contribution is -2.39. The fourth-order valence-electron chi connectivity index (χ4n) is 1.46. The number of hydrogen-bond acceptors (Lipinski definition) is 5. The van der Waals surface area contributed by atoms with Crippen molar-refractivity contribution in [1.82, 2.24) is 9.90 Å². The van der Waals surface area contributed by atoms with Gasteiger partial charge < -0.3 is 20.0 Å². The SMILES string of the molecule is O=C(O)[C@@H]1C[C@H](S)CN1C(=O)PNBO. The quantitative estimate of drug-likeness (QED) is 0.292. The number of carboxylic acid groups (broad SMARTS) is 1. The van der Waals surface area contributed by atoms with Crippen LogP contribution in [0, 0.1) is 0 Å². The first-order chi connectivity index (χ1) is 7.06. The number of rotatable bonds is 4. The van der Waals surface area contributed by atoms with E-state index in [0.29, 0.717) is 13.0 Å². The number of likely N-dealkylation sites (tertiary alicyclic amines) is 1. The summed E-state index contributed by atoms with van der Waals surface area (Å²) in [7, 11) is -0.594. The molecule has 0 bridgehead atoms. The zero-order valence-electron chi connectivity index (χ0n) is 7.88. The van der Waals surface area contributed by atoms with E-state index in [0.717, 1.165) is 0 Å². The molecule has 15 heavy (non-hydrogen) atoms. The molecule has 0 aromatic rings. The van der Waals surface area contributed by atoms with Crippen LogP contribution in [0.15, 0.2) is 0 Å². The molecule has 0 spiro atoms. The van der Waals surface area contributed by atoms with E-state index in [9.17, 15) is 9.59 Å². The topological polar surface area (TPSA) is 89.9 Å². The molecule has 1 aliphatic heterocycles. The number of carboxylic acids is 1. The van der Waals surface area contributed by atoms with Gasteiger partial charge in [0.1, 0.15) is 6.04 Å². The van der Waals surface area contributed by atoms with Crippen LogP contribution < -0.4 is 5.00 Å². The Morgan fingerprint density at radius 2 is 2.27 bits per heavy atom. The summed E-state index contributed by atoms with van der Waals surface area (Å²) in [6, 6.07) is -0.784. The van der Waals surface area contributed by atoms with Gasteiger partial charge in [0, 0.05) is 20.5 Å². The molecule has 1 saturated heterocycles. The molecule has 0 aromatic carbocycles. The summed E-state index contributed by atoms with van der Waals surface area (Å²) in [6.07, 6.45) is 0.369. The third-order valence-corrected chi connectivity index (χ3v) is 3.31. The van der Waals surface area contributed by atoms with Crippen molar-refractivity contribution in [3.05, 3.63) is 0 Å². The first kappa shape index (κ1) is 12.8. The van der Waals surface area contributed by atoms with E-state index in [-0.39, 0.29) is 27.2 Å². The van der Waals surface area contributed by atoms with Gasteiger partial charge in [0.25, 0.3) is 5.65 Å².